The van der Waals surface area contributed by atoms with Gasteiger partial charge >= 0.3 is 0 Å². The van der Waals surface area contributed by atoms with Crippen LogP contribution in [0.25, 0.3) is 0 Å². The van der Waals surface area contributed by atoms with E-state index in [-0.39, 0.29) is 16.8 Å². The van der Waals surface area contributed by atoms with Crippen molar-refractivity contribution in [2.45, 2.75) is 0 Å². The van der Waals surface area contributed by atoms with E-state index in [0.29, 0.717) is 5.69 Å². The summed E-state index contributed by atoms with van der Waals surface area (Å²) in [6.45, 7) is 0. The third kappa shape index (κ3) is 2.48. The zero-order valence-electron chi connectivity index (χ0n) is 7.96. The van der Waals surface area contributed by atoms with Gasteiger partial charge in [0.15, 0.2) is 10.8 Å². The van der Waals surface area contributed by atoms with Gasteiger partial charge in [-0.05, 0) is 12.1 Å². The summed E-state index contributed by atoms with van der Waals surface area (Å²) in [5, 5.41) is 10.0. The summed E-state index contributed by atoms with van der Waals surface area (Å²) in [4.78, 5) is 19.1. The molecule has 2 aromatic heterocycles. The monoisotopic (exact) mass is 235 g/mol. The number of hydrogen-bond donors (Lipinski definition) is 1. The van der Waals surface area contributed by atoms with E-state index in [1.807, 2.05) is 0 Å². The third-order valence-electron chi connectivity index (χ3n) is 1.68. The molecular formula is C9H6ClN5O. The summed E-state index contributed by atoms with van der Waals surface area (Å²) in [5.74, 6) is -0.390. The van der Waals surface area contributed by atoms with Gasteiger partial charge in [-0.25, -0.2) is 9.97 Å². The molecule has 0 saturated heterocycles. The highest BCUT2D eigenvalue weighted by Gasteiger charge is 2.08. The fourth-order valence-corrected chi connectivity index (χ4v) is 1.10. The molecule has 1 amide bonds. The van der Waals surface area contributed by atoms with Crippen LogP contribution in [-0.2, 0) is 0 Å². The Hall–Kier alpha value is -2.08. The maximum atomic E-state index is 11.6. The topological polar surface area (TPSA) is 80.7 Å². The Morgan fingerprint density at radius 3 is 2.56 bits per heavy atom. The molecule has 2 aromatic rings. The van der Waals surface area contributed by atoms with Gasteiger partial charge < -0.3 is 5.32 Å². The number of nitrogens with one attached hydrogen (secondary N) is 1. The molecule has 0 bridgehead atoms. The lowest BCUT2D eigenvalue weighted by Crippen LogP contribution is -2.14. The first-order chi connectivity index (χ1) is 7.75. The van der Waals surface area contributed by atoms with Crippen LogP contribution >= 0.6 is 11.6 Å². The Kier molecular flexibility index (Phi) is 3.02. The minimum atomic E-state index is -0.390. The maximum absolute atomic E-state index is 11.6. The second-order valence-corrected chi connectivity index (χ2v) is 3.21. The summed E-state index contributed by atoms with van der Waals surface area (Å²) in [6.07, 6.45) is 4.33. The van der Waals surface area contributed by atoms with Crippen molar-refractivity contribution >= 4 is 23.2 Å². The Morgan fingerprint density at radius 2 is 1.94 bits per heavy atom. The van der Waals surface area contributed by atoms with Crippen LogP contribution < -0.4 is 5.32 Å². The van der Waals surface area contributed by atoms with Gasteiger partial charge in [-0.15, -0.1) is 10.2 Å². The molecule has 0 radical (unpaired) electrons. The van der Waals surface area contributed by atoms with Crippen LogP contribution in [0.4, 0.5) is 5.69 Å². The molecule has 0 atom stereocenters. The minimum Gasteiger partial charge on any atom is -0.318 e. The molecule has 2 rings (SSSR count). The van der Waals surface area contributed by atoms with Gasteiger partial charge in [0, 0.05) is 0 Å². The Morgan fingerprint density at radius 1 is 1.19 bits per heavy atom. The van der Waals surface area contributed by atoms with Crippen LogP contribution in [0.1, 0.15) is 10.5 Å². The van der Waals surface area contributed by atoms with Crippen molar-refractivity contribution in [1.29, 1.82) is 0 Å². The number of amides is 1. The van der Waals surface area contributed by atoms with Crippen LogP contribution in [0.15, 0.2) is 30.9 Å². The van der Waals surface area contributed by atoms with Crippen LogP contribution in [0, 0.1) is 0 Å². The van der Waals surface area contributed by atoms with Gasteiger partial charge in [0.1, 0.15) is 6.33 Å². The first-order valence-electron chi connectivity index (χ1n) is 4.31. The standard InChI is InChI=1S/C9H6ClN5O/c10-8-2-1-7(14-15-8)9(16)13-6-3-11-5-12-4-6/h1-5H,(H,13,16). The predicted molar refractivity (Wildman–Crippen MR) is 57.0 cm³/mol. The summed E-state index contributed by atoms with van der Waals surface area (Å²) >= 11 is 5.55. The zero-order chi connectivity index (χ0) is 11.4. The Labute approximate surface area is 95.7 Å². The van der Waals surface area contributed by atoms with Gasteiger partial charge in [0.25, 0.3) is 5.91 Å². The zero-order valence-corrected chi connectivity index (χ0v) is 8.72. The fourth-order valence-electron chi connectivity index (χ4n) is 0.996. The number of carbonyl (C=O) groups is 1. The molecule has 7 heteroatoms. The molecule has 0 aliphatic rings. The van der Waals surface area contributed by atoms with Gasteiger partial charge in [0.05, 0.1) is 18.1 Å². The van der Waals surface area contributed by atoms with Crippen molar-refractivity contribution in [3.8, 4) is 0 Å². The molecule has 16 heavy (non-hydrogen) atoms. The van der Waals surface area contributed by atoms with Crippen molar-refractivity contribution in [2.24, 2.45) is 0 Å². The minimum absolute atomic E-state index is 0.174. The number of anilines is 1. The smallest absolute Gasteiger partial charge is 0.276 e. The van der Waals surface area contributed by atoms with Gasteiger partial charge in [0.2, 0.25) is 0 Å². The van der Waals surface area contributed by atoms with E-state index in [1.165, 1.54) is 30.9 Å². The lowest BCUT2D eigenvalue weighted by Gasteiger charge is -2.02. The van der Waals surface area contributed by atoms with Crippen molar-refractivity contribution in [3.05, 3.63) is 41.7 Å². The number of nitrogens with zero attached hydrogens (tertiary/aromatic N) is 4. The van der Waals surface area contributed by atoms with E-state index < -0.39 is 0 Å². The van der Waals surface area contributed by atoms with E-state index in [9.17, 15) is 4.79 Å². The summed E-state index contributed by atoms with van der Waals surface area (Å²) in [5.41, 5.74) is 0.664. The molecule has 0 fully saturated rings. The van der Waals surface area contributed by atoms with Gasteiger partial charge in [-0.3, -0.25) is 4.79 Å². The van der Waals surface area contributed by atoms with Crippen molar-refractivity contribution < 1.29 is 4.79 Å². The van der Waals surface area contributed by atoms with Gasteiger partial charge in [-0.2, -0.15) is 0 Å². The summed E-state index contributed by atoms with van der Waals surface area (Å²) in [7, 11) is 0. The first kappa shape index (κ1) is 10.4. The Bertz CT molecular complexity index is 487. The average Bonchev–Trinajstić information content (AvgIpc) is 2.31. The number of halogens is 1. The average molecular weight is 236 g/mol. The predicted octanol–water partition coefficient (Wildman–Crippen LogP) is 1.17. The first-order valence-corrected chi connectivity index (χ1v) is 4.69. The molecule has 2 heterocycles. The quantitative estimate of drug-likeness (QED) is 0.845. The van der Waals surface area contributed by atoms with E-state index in [2.05, 4.69) is 25.5 Å². The second-order valence-electron chi connectivity index (χ2n) is 2.82. The second kappa shape index (κ2) is 4.63. The molecular weight excluding hydrogens is 230 g/mol. The van der Waals surface area contributed by atoms with Crippen molar-refractivity contribution in [2.75, 3.05) is 5.32 Å². The number of rotatable bonds is 2. The highest BCUT2D eigenvalue weighted by molar-refractivity contribution is 6.29. The SMILES string of the molecule is O=C(Nc1cncnc1)c1ccc(Cl)nn1. The molecule has 0 aromatic carbocycles. The van der Waals surface area contributed by atoms with Crippen LogP contribution in [-0.4, -0.2) is 26.1 Å². The van der Waals surface area contributed by atoms with E-state index in [0.717, 1.165) is 0 Å². The van der Waals surface area contributed by atoms with E-state index in [1.54, 1.807) is 0 Å². The van der Waals surface area contributed by atoms with Crippen LogP contribution in [0.2, 0.25) is 5.15 Å². The van der Waals surface area contributed by atoms with E-state index in [4.69, 9.17) is 11.6 Å². The Balaban J connectivity index is 2.12. The summed E-state index contributed by atoms with van der Waals surface area (Å²) in [6, 6.07) is 2.97. The maximum Gasteiger partial charge on any atom is 0.276 e. The molecule has 0 spiro atoms. The lowest BCUT2D eigenvalue weighted by molar-refractivity contribution is 0.102. The molecule has 6 nitrogen and oxygen atoms in total. The largest absolute Gasteiger partial charge is 0.318 e. The molecule has 0 aliphatic carbocycles. The van der Waals surface area contributed by atoms with Crippen molar-refractivity contribution in [3.63, 3.8) is 0 Å². The molecule has 0 saturated carbocycles. The molecule has 1 N–H and O–H groups in total. The van der Waals surface area contributed by atoms with Crippen LogP contribution in [0.5, 0.6) is 0 Å². The van der Waals surface area contributed by atoms with E-state index >= 15 is 0 Å². The fraction of sp³-hybridized carbons (Fsp3) is 0. The van der Waals surface area contributed by atoms with Gasteiger partial charge in [-0.1, -0.05) is 11.6 Å². The van der Waals surface area contributed by atoms with Crippen LogP contribution in [0.3, 0.4) is 0 Å². The normalized spacial score (nSPS) is 9.81. The molecule has 0 unspecified atom stereocenters. The number of hydrogen-bond acceptors (Lipinski definition) is 5. The van der Waals surface area contributed by atoms with Crippen molar-refractivity contribution in [1.82, 2.24) is 20.2 Å². The molecule has 80 valence electrons. The molecule has 0 aliphatic heterocycles. The number of carbonyl (C=O) groups excluding carboxylic acids is 1. The highest BCUT2D eigenvalue weighted by Crippen LogP contribution is 2.06. The summed E-state index contributed by atoms with van der Waals surface area (Å²) < 4.78 is 0. The number of aromatic nitrogens is 4. The third-order valence-corrected chi connectivity index (χ3v) is 1.88. The highest BCUT2D eigenvalue weighted by atomic mass is 35.5. The lowest BCUT2D eigenvalue weighted by atomic mass is 10.3.